The molecule has 4 heteroatoms. The first-order valence-corrected chi connectivity index (χ1v) is 5.07. The van der Waals surface area contributed by atoms with Crippen molar-refractivity contribution in [1.29, 1.82) is 0 Å². The van der Waals surface area contributed by atoms with Crippen LogP contribution in [0.1, 0.15) is 33.6 Å². The maximum Gasteiger partial charge on any atom is 0.334 e. The quantitative estimate of drug-likeness (QED) is 0.526. The molecule has 1 rings (SSSR count). The van der Waals surface area contributed by atoms with Crippen LogP contribution in [0.2, 0.25) is 0 Å². The second kappa shape index (κ2) is 4.96. The Morgan fingerprint density at radius 1 is 1.53 bits per heavy atom. The van der Waals surface area contributed by atoms with Crippen LogP contribution in [0.25, 0.3) is 0 Å². The molecule has 0 amide bonds. The predicted molar refractivity (Wildman–Crippen MR) is 54.1 cm³/mol. The van der Waals surface area contributed by atoms with E-state index in [2.05, 4.69) is 0 Å². The molecule has 0 spiro atoms. The fourth-order valence-corrected chi connectivity index (χ4v) is 1.36. The molecule has 0 radical (unpaired) electrons. The molecule has 1 aliphatic heterocycles. The average molecular weight is 212 g/mol. The predicted octanol–water partition coefficient (Wildman–Crippen LogP) is 1.59. The monoisotopic (exact) mass is 212 g/mol. The number of rotatable bonds is 3. The van der Waals surface area contributed by atoms with Crippen molar-refractivity contribution >= 4 is 11.9 Å². The van der Waals surface area contributed by atoms with Crippen LogP contribution in [-0.4, -0.2) is 24.6 Å². The molecular weight excluding hydrogens is 196 g/mol. The molecule has 15 heavy (non-hydrogen) atoms. The smallest absolute Gasteiger partial charge is 0.334 e. The molecule has 0 aromatic heterocycles. The van der Waals surface area contributed by atoms with Gasteiger partial charge in [0.25, 0.3) is 0 Å². The molecule has 0 aromatic rings. The lowest BCUT2D eigenvalue weighted by Crippen LogP contribution is -2.17. The van der Waals surface area contributed by atoms with Crippen molar-refractivity contribution in [3.63, 3.8) is 0 Å². The van der Waals surface area contributed by atoms with Crippen molar-refractivity contribution in [2.24, 2.45) is 0 Å². The minimum absolute atomic E-state index is 0.162. The standard InChI is InChI=1S/C11H16O4/c1-4-10(12)14-6-8-5-9(7(2)3)11(13)15-8/h8H,4-6H2,1-3H3. The summed E-state index contributed by atoms with van der Waals surface area (Å²) < 4.78 is 9.97. The Morgan fingerprint density at radius 3 is 2.67 bits per heavy atom. The molecule has 0 aliphatic carbocycles. The van der Waals surface area contributed by atoms with Gasteiger partial charge in [-0.1, -0.05) is 12.5 Å². The lowest BCUT2D eigenvalue weighted by molar-refractivity contribution is -0.151. The van der Waals surface area contributed by atoms with Gasteiger partial charge in [-0.2, -0.15) is 0 Å². The van der Waals surface area contributed by atoms with Crippen LogP contribution in [0, 0.1) is 0 Å². The lowest BCUT2D eigenvalue weighted by Gasteiger charge is -2.08. The Bertz CT molecular complexity index is 300. The first-order valence-electron chi connectivity index (χ1n) is 5.07. The van der Waals surface area contributed by atoms with Crippen LogP contribution in [-0.2, 0) is 19.1 Å². The van der Waals surface area contributed by atoms with E-state index >= 15 is 0 Å². The summed E-state index contributed by atoms with van der Waals surface area (Å²) in [6, 6.07) is 0. The highest BCUT2D eigenvalue weighted by Crippen LogP contribution is 2.23. The summed E-state index contributed by atoms with van der Waals surface area (Å²) in [6.07, 6.45) is 0.576. The van der Waals surface area contributed by atoms with Crippen LogP contribution < -0.4 is 0 Å². The van der Waals surface area contributed by atoms with Gasteiger partial charge in [0.05, 0.1) is 0 Å². The van der Waals surface area contributed by atoms with Gasteiger partial charge in [0.15, 0.2) is 0 Å². The lowest BCUT2D eigenvalue weighted by atomic mass is 10.1. The van der Waals surface area contributed by atoms with Gasteiger partial charge in [0, 0.05) is 18.4 Å². The maximum atomic E-state index is 11.3. The molecule has 1 saturated heterocycles. The molecule has 1 fully saturated rings. The zero-order valence-corrected chi connectivity index (χ0v) is 9.33. The number of ether oxygens (including phenoxy) is 2. The second-order valence-electron chi connectivity index (χ2n) is 3.75. The number of hydrogen-bond acceptors (Lipinski definition) is 4. The zero-order valence-electron chi connectivity index (χ0n) is 9.33. The van der Waals surface area contributed by atoms with Crippen molar-refractivity contribution in [2.75, 3.05) is 6.61 Å². The van der Waals surface area contributed by atoms with Crippen LogP contribution in [0.4, 0.5) is 0 Å². The third-order valence-electron chi connectivity index (χ3n) is 2.27. The highest BCUT2D eigenvalue weighted by Gasteiger charge is 2.30. The van der Waals surface area contributed by atoms with Crippen molar-refractivity contribution in [2.45, 2.75) is 39.7 Å². The normalized spacial score (nSPS) is 20.1. The van der Waals surface area contributed by atoms with Crippen molar-refractivity contribution in [3.05, 3.63) is 11.1 Å². The van der Waals surface area contributed by atoms with Gasteiger partial charge in [-0.25, -0.2) is 4.79 Å². The highest BCUT2D eigenvalue weighted by molar-refractivity contribution is 5.91. The number of carbonyl (C=O) groups is 2. The third kappa shape index (κ3) is 3.08. The van der Waals surface area contributed by atoms with Gasteiger partial charge >= 0.3 is 11.9 Å². The maximum absolute atomic E-state index is 11.3. The Balaban J connectivity index is 2.46. The van der Waals surface area contributed by atoms with Crippen LogP contribution in [0.5, 0.6) is 0 Å². The molecule has 1 heterocycles. The summed E-state index contributed by atoms with van der Waals surface area (Å²) in [5.41, 5.74) is 1.66. The van der Waals surface area contributed by atoms with Crippen LogP contribution in [0.15, 0.2) is 11.1 Å². The fourth-order valence-electron chi connectivity index (χ4n) is 1.36. The van der Waals surface area contributed by atoms with Crippen LogP contribution >= 0.6 is 0 Å². The summed E-state index contributed by atoms with van der Waals surface area (Å²) in [7, 11) is 0. The molecule has 0 N–H and O–H groups in total. The summed E-state index contributed by atoms with van der Waals surface area (Å²) in [5.74, 6) is -0.552. The van der Waals surface area contributed by atoms with Gasteiger partial charge in [0.2, 0.25) is 0 Å². The number of hydrogen-bond donors (Lipinski definition) is 0. The van der Waals surface area contributed by atoms with Gasteiger partial charge < -0.3 is 9.47 Å². The molecule has 1 unspecified atom stereocenters. The molecule has 0 saturated carbocycles. The number of allylic oxidation sites excluding steroid dienone is 1. The SMILES string of the molecule is CCC(=O)OCC1CC(=C(C)C)C(=O)O1. The van der Waals surface area contributed by atoms with Gasteiger partial charge in [-0.3, -0.25) is 4.79 Å². The zero-order chi connectivity index (χ0) is 11.4. The first kappa shape index (κ1) is 11.8. The Labute approximate surface area is 89.2 Å². The Morgan fingerprint density at radius 2 is 2.20 bits per heavy atom. The first-order chi connectivity index (χ1) is 7.04. The van der Waals surface area contributed by atoms with E-state index in [9.17, 15) is 9.59 Å². The van der Waals surface area contributed by atoms with Crippen molar-refractivity contribution < 1.29 is 19.1 Å². The van der Waals surface area contributed by atoms with E-state index in [1.54, 1.807) is 6.92 Å². The van der Waals surface area contributed by atoms with Gasteiger partial charge in [0.1, 0.15) is 12.7 Å². The van der Waals surface area contributed by atoms with Crippen molar-refractivity contribution in [1.82, 2.24) is 0 Å². The van der Waals surface area contributed by atoms with Crippen molar-refractivity contribution in [3.8, 4) is 0 Å². The molecule has 84 valence electrons. The summed E-state index contributed by atoms with van der Waals surface area (Å²) >= 11 is 0. The highest BCUT2D eigenvalue weighted by atomic mass is 16.6. The third-order valence-corrected chi connectivity index (χ3v) is 2.27. The molecule has 1 aliphatic rings. The van der Waals surface area contributed by atoms with Gasteiger partial charge in [-0.05, 0) is 13.8 Å². The molecule has 0 bridgehead atoms. The molecule has 4 nitrogen and oxygen atoms in total. The van der Waals surface area contributed by atoms with Gasteiger partial charge in [-0.15, -0.1) is 0 Å². The Hall–Kier alpha value is -1.32. The van der Waals surface area contributed by atoms with E-state index in [0.29, 0.717) is 18.4 Å². The van der Waals surface area contributed by atoms with E-state index in [-0.39, 0.29) is 24.6 Å². The fraction of sp³-hybridized carbons (Fsp3) is 0.636. The van der Waals surface area contributed by atoms with Crippen LogP contribution in [0.3, 0.4) is 0 Å². The minimum atomic E-state index is -0.308. The summed E-state index contributed by atoms with van der Waals surface area (Å²) in [4.78, 5) is 22.2. The second-order valence-corrected chi connectivity index (χ2v) is 3.75. The Kier molecular flexibility index (Phi) is 3.88. The number of carbonyl (C=O) groups excluding carboxylic acids is 2. The summed E-state index contributed by atoms with van der Waals surface area (Å²) in [6.45, 7) is 5.63. The number of cyclic esters (lactones) is 1. The van der Waals surface area contributed by atoms with E-state index < -0.39 is 0 Å². The topological polar surface area (TPSA) is 52.6 Å². The van der Waals surface area contributed by atoms with E-state index in [1.165, 1.54) is 0 Å². The largest absolute Gasteiger partial charge is 0.462 e. The minimum Gasteiger partial charge on any atom is -0.462 e. The molecular formula is C11H16O4. The molecule has 1 atom stereocenters. The van der Waals surface area contributed by atoms with E-state index in [4.69, 9.17) is 9.47 Å². The average Bonchev–Trinajstić information content (AvgIpc) is 2.56. The van der Waals surface area contributed by atoms with E-state index in [1.807, 2.05) is 13.8 Å². The van der Waals surface area contributed by atoms with E-state index in [0.717, 1.165) is 5.57 Å². The summed E-state index contributed by atoms with van der Waals surface area (Å²) in [5, 5.41) is 0. The number of esters is 2. The molecule has 0 aromatic carbocycles.